The Hall–Kier alpha value is -2.24. The number of carbonyl (C=O) groups is 2. The van der Waals surface area contributed by atoms with Crippen molar-refractivity contribution in [1.29, 1.82) is 0 Å². The zero-order chi connectivity index (χ0) is 13.0. The fourth-order valence-corrected chi connectivity index (χ4v) is 1.11. The SMILES string of the molecule is CC(COc1ccc(N)c(C(=O)O)c1)C(N)=O. The van der Waals surface area contributed by atoms with Crippen molar-refractivity contribution in [3.63, 3.8) is 0 Å². The minimum atomic E-state index is -1.13. The van der Waals surface area contributed by atoms with Gasteiger partial charge >= 0.3 is 5.97 Å². The maximum atomic E-state index is 10.8. The molecule has 0 aromatic heterocycles. The molecule has 1 amide bonds. The summed E-state index contributed by atoms with van der Waals surface area (Å²) in [6.45, 7) is 1.72. The molecule has 0 radical (unpaired) electrons. The van der Waals surface area contributed by atoms with Gasteiger partial charge in [0.05, 0.1) is 18.1 Å². The first-order chi connectivity index (χ1) is 7.91. The highest BCUT2D eigenvalue weighted by Gasteiger charge is 2.12. The average molecular weight is 238 g/mol. The topological polar surface area (TPSA) is 116 Å². The Morgan fingerprint density at radius 3 is 2.65 bits per heavy atom. The van der Waals surface area contributed by atoms with Crippen LogP contribution in [0.2, 0.25) is 0 Å². The monoisotopic (exact) mass is 238 g/mol. The normalized spacial score (nSPS) is 11.8. The van der Waals surface area contributed by atoms with Gasteiger partial charge in [-0.2, -0.15) is 0 Å². The van der Waals surface area contributed by atoms with E-state index in [9.17, 15) is 9.59 Å². The lowest BCUT2D eigenvalue weighted by Crippen LogP contribution is -2.25. The van der Waals surface area contributed by atoms with E-state index in [4.69, 9.17) is 21.3 Å². The molecule has 1 unspecified atom stereocenters. The highest BCUT2D eigenvalue weighted by Crippen LogP contribution is 2.20. The smallest absolute Gasteiger partial charge is 0.337 e. The highest BCUT2D eigenvalue weighted by atomic mass is 16.5. The number of carboxylic acids is 1. The number of ether oxygens (including phenoxy) is 1. The van der Waals surface area contributed by atoms with Gasteiger partial charge in [-0.15, -0.1) is 0 Å². The van der Waals surface area contributed by atoms with Gasteiger partial charge in [0.15, 0.2) is 0 Å². The molecule has 0 aliphatic rings. The summed E-state index contributed by atoms with van der Waals surface area (Å²) in [5, 5.41) is 8.85. The Labute approximate surface area is 98.2 Å². The summed E-state index contributed by atoms with van der Waals surface area (Å²) >= 11 is 0. The number of amides is 1. The third-order valence-corrected chi connectivity index (χ3v) is 2.24. The van der Waals surface area contributed by atoms with Crippen molar-refractivity contribution in [2.75, 3.05) is 12.3 Å². The fraction of sp³-hybridized carbons (Fsp3) is 0.273. The molecule has 1 rings (SSSR count). The first-order valence-corrected chi connectivity index (χ1v) is 4.96. The van der Waals surface area contributed by atoms with E-state index in [0.717, 1.165) is 0 Å². The van der Waals surface area contributed by atoms with Crippen LogP contribution in [0.15, 0.2) is 18.2 Å². The summed E-state index contributed by atoms with van der Waals surface area (Å²) in [6, 6.07) is 4.29. The molecule has 1 aromatic rings. The number of anilines is 1. The molecule has 92 valence electrons. The fourth-order valence-electron chi connectivity index (χ4n) is 1.11. The quantitative estimate of drug-likeness (QED) is 0.645. The van der Waals surface area contributed by atoms with Crippen LogP contribution in [0.4, 0.5) is 5.69 Å². The van der Waals surface area contributed by atoms with E-state index in [-0.39, 0.29) is 17.9 Å². The molecule has 5 N–H and O–H groups in total. The number of carboxylic acid groups (broad SMARTS) is 1. The first-order valence-electron chi connectivity index (χ1n) is 4.96. The zero-order valence-electron chi connectivity index (χ0n) is 9.34. The van der Waals surface area contributed by atoms with Gasteiger partial charge in [-0.05, 0) is 18.2 Å². The number of nitrogens with two attached hydrogens (primary N) is 2. The van der Waals surface area contributed by atoms with Gasteiger partial charge in [0.25, 0.3) is 0 Å². The van der Waals surface area contributed by atoms with Crippen LogP contribution in [0, 0.1) is 5.92 Å². The van der Waals surface area contributed by atoms with Crippen LogP contribution in [0.5, 0.6) is 5.75 Å². The Balaban J connectivity index is 2.76. The Morgan fingerprint density at radius 1 is 1.47 bits per heavy atom. The standard InChI is InChI=1S/C11H14N2O4/c1-6(10(13)14)5-17-7-2-3-9(12)8(4-7)11(15)16/h2-4,6H,5,12H2,1H3,(H2,13,14)(H,15,16). The maximum Gasteiger partial charge on any atom is 0.337 e. The Morgan fingerprint density at radius 2 is 2.12 bits per heavy atom. The molecule has 0 aliphatic carbocycles. The second-order valence-corrected chi connectivity index (χ2v) is 3.67. The number of rotatable bonds is 5. The van der Waals surface area contributed by atoms with E-state index in [1.807, 2.05) is 0 Å². The van der Waals surface area contributed by atoms with E-state index in [1.54, 1.807) is 6.92 Å². The van der Waals surface area contributed by atoms with Gasteiger partial charge in [0.1, 0.15) is 5.75 Å². The molecule has 1 atom stereocenters. The molecule has 0 fully saturated rings. The molecule has 0 aliphatic heterocycles. The van der Waals surface area contributed by atoms with Crippen molar-refractivity contribution in [1.82, 2.24) is 0 Å². The molecule has 0 saturated heterocycles. The van der Waals surface area contributed by atoms with Gasteiger partial charge in [-0.3, -0.25) is 4.79 Å². The van der Waals surface area contributed by atoms with Crippen molar-refractivity contribution in [3.8, 4) is 5.75 Å². The minimum Gasteiger partial charge on any atom is -0.493 e. The van der Waals surface area contributed by atoms with Crippen molar-refractivity contribution in [2.45, 2.75) is 6.92 Å². The predicted octanol–water partition coefficient (Wildman–Crippen LogP) is 0.467. The van der Waals surface area contributed by atoms with Crippen LogP contribution in [0.1, 0.15) is 17.3 Å². The van der Waals surface area contributed by atoms with E-state index in [0.29, 0.717) is 5.75 Å². The first kappa shape index (κ1) is 12.8. The predicted molar refractivity (Wildman–Crippen MR) is 61.7 cm³/mol. The van der Waals surface area contributed by atoms with Gasteiger partial charge in [0, 0.05) is 5.69 Å². The summed E-state index contributed by atoms with van der Waals surface area (Å²) < 4.78 is 5.26. The van der Waals surface area contributed by atoms with Crippen molar-refractivity contribution >= 4 is 17.6 Å². The molecular formula is C11H14N2O4. The molecule has 0 spiro atoms. The average Bonchev–Trinajstić information content (AvgIpc) is 2.26. The highest BCUT2D eigenvalue weighted by molar-refractivity contribution is 5.94. The molecule has 0 bridgehead atoms. The van der Waals surface area contributed by atoms with Gasteiger partial charge in [-0.25, -0.2) is 4.79 Å². The number of benzene rings is 1. The number of hydrogen-bond acceptors (Lipinski definition) is 4. The number of hydrogen-bond donors (Lipinski definition) is 3. The lowest BCUT2D eigenvalue weighted by atomic mass is 10.1. The molecule has 0 saturated carbocycles. The Kier molecular flexibility index (Phi) is 3.92. The molecule has 1 aromatic carbocycles. The van der Waals surface area contributed by atoms with E-state index in [1.165, 1.54) is 18.2 Å². The van der Waals surface area contributed by atoms with Gasteiger partial charge in [0.2, 0.25) is 5.91 Å². The second-order valence-electron chi connectivity index (χ2n) is 3.67. The maximum absolute atomic E-state index is 10.8. The number of nitrogen functional groups attached to an aromatic ring is 1. The van der Waals surface area contributed by atoms with Crippen LogP contribution >= 0.6 is 0 Å². The van der Waals surface area contributed by atoms with Gasteiger partial charge in [-0.1, -0.05) is 6.92 Å². The van der Waals surface area contributed by atoms with E-state index >= 15 is 0 Å². The molecule has 6 nitrogen and oxygen atoms in total. The minimum absolute atomic E-state index is 0.0331. The van der Waals surface area contributed by atoms with Crippen molar-refractivity contribution < 1.29 is 19.4 Å². The van der Waals surface area contributed by atoms with Crippen LogP contribution < -0.4 is 16.2 Å². The van der Waals surface area contributed by atoms with Crippen LogP contribution in [0.3, 0.4) is 0 Å². The third-order valence-electron chi connectivity index (χ3n) is 2.24. The number of primary amides is 1. The number of aromatic carboxylic acids is 1. The van der Waals surface area contributed by atoms with Gasteiger partial charge < -0.3 is 21.3 Å². The summed E-state index contributed by atoms with van der Waals surface area (Å²) in [5.74, 6) is -1.71. The zero-order valence-corrected chi connectivity index (χ0v) is 9.34. The van der Waals surface area contributed by atoms with Crippen LogP contribution in [-0.2, 0) is 4.79 Å². The summed E-state index contributed by atoms with van der Waals surface area (Å²) in [7, 11) is 0. The molecule has 6 heteroatoms. The molecule has 0 heterocycles. The molecular weight excluding hydrogens is 224 g/mol. The van der Waals surface area contributed by atoms with E-state index < -0.39 is 17.8 Å². The van der Waals surface area contributed by atoms with Crippen LogP contribution in [0.25, 0.3) is 0 Å². The lowest BCUT2D eigenvalue weighted by Gasteiger charge is -2.11. The third kappa shape index (κ3) is 3.37. The van der Waals surface area contributed by atoms with Crippen molar-refractivity contribution in [2.24, 2.45) is 11.7 Å². The van der Waals surface area contributed by atoms with Crippen LogP contribution in [-0.4, -0.2) is 23.6 Å². The summed E-state index contributed by atoms with van der Waals surface area (Å²) in [4.78, 5) is 21.6. The number of carbonyl (C=O) groups excluding carboxylic acids is 1. The summed E-state index contributed by atoms with van der Waals surface area (Å²) in [5.41, 5.74) is 10.7. The Bertz CT molecular complexity index is 445. The van der Waals surface area contributed by atoms with Crippen molar-refractivity contribution in [3.05, 3.63) is 23.8 Å². The van der Waals surface area contributed by atoms with E-state index in [2.05, 4.69) is 0 Å². The second kappa shape index (κ2) is 5.20. The lowest BCUT2D eigenvalue weighted by molar-refractivity contribution is -0.122. The largest absolute Gasteiger partial charge is 0.493 e. The molecule has 17 heavy (non-hydrogen) atoms. The summed E-state index contributed by atoms with van der Waals surface area (Å²) in [6.07, 6.45) is 0.